The van der Waals surface area contributed by atoms with Crippen LogP contribution in [0.3, 0.4) is 0 Å². The molecule has 0 fully saturated rings. The van der Waals surface area contributed by atoms with E-state index in [0.717, 1.165) is 35.2 Å². The number of hydrogen-bond acceptors (Lipinski definition) is 10. The summed E-state index contributed by atoms with van der Waals surface area (Å²) in [6, 6.07) is 2.04. The Labute approximate surface area is 237 Å². The molecule has 3 aromatic rings. The number of aromatic hydroxyl groups is 1. The Hall–Kier alpha value is -2.15. The summed E-state index contributed by atoms with van der Waals surface area (Å²) in [5, 5.41) is 18.5. The fourth-order valence-electron chi connectivity index (χ4n) is 2.92. The Morgan fingerprint density at radius 3 is 2.34 bits per heavy atom. The molecule has 1 atom stereocenters. The van der Waals surface area contributed by atoms with Gasteiger partial charge in [-0.05, 0) is 44.7 Å². The number of anilines is 2. The normalized spacial score (nSPS) is 12.3. The van der Waals surface area contributed by atoms with Gasteiger partial charge in [0.05, 0.1) is 36.8 Å². The smallest absolute Gasteiger partial charge is 0.256 e. The van der Waals surface area contributed by atoms with Crippen LogP contribution in [0.2, 0.25) is 0 Å². The van der Waals surface area contributed by atoms with Crippen molar-refractivity contribution in [2.75, 3.05) is 17.7 Å². The van der Waals surface area contributed by atoms with Crippen LogP contribution in [0.4, 0.5) is 11.5 Å². The number of hydrogen-bond donors (Lipinski definition) is 3. The fraction of sp³-hybridized carbons (Fsp3) is 0.615. The second-order valence-electron chi connectivity index (χ2n) is 9.56. The van der Waals surface area contributed by atoms with E-state index in [2.05, 4.69) is 47.1 Å². The van der Waals surface area contributed by atoms with Crippen molar-refractivity contribution in [1.29, 1.82) is 0 Å². The van der Waals surface area contributed by atoms with E-state index in [1.54, 1.807) is 32.4 Å². The quantitative estimate of drug-likeness (QED) is 0.223. The lowest BCUT2D eigenvalue weighted by molar-refractivity contribution is 0.291. The summed E-state index contributed by atoms with van der Waals surface area (Å²) in [5.41, 5.74) is 1.56. The molecule has 0 saturated carbocycles. The number of nitrogens with zero attached hydrogens (tertiary/aromatic N) is 3. The lowest BCUT2D eigenvalue weighted by Crippen LogP contribution is -2.42. The highest BCUT2D eigenvalue weighted by Gasteiger charge is 2.34. The average molecular weight is 588 g/mol. The van der Waals surface area contributed by atoms with Gasteiger partial charge in [0, 0.05) is 18.0 Å². The maximum atomic E-state index is 12.9. The summed E-state index contributed by atoms with van der Waals surface area (Å²) in [7, 11) is -2.31. The van der Waals surface area contributed by atoms with Gasteiger partial charge in [-0.15, -0.1) is 11.3 Å². The Bertz CT molecular complexity index is 1200. The predicted octanol–water partition coefficient (Wildman–Crippen LogP) is 7.50. The molecule has 0 aliphatic rings. The van der Waals surface area contributed by atoms with E-state index in [1.165, 1.54) is 23.3 Å². The number of rotatable bonds is 10. The van der Waals surface area contributed by atoms with Gasteiger partial charge in [-0.3, -0.25) is 0 Å². The minimum atomic E-state index is -3.82. The third-order valence-electron chi connectivity index (χ3n) is 5.56. The van der Waals surface area contributed by atoms with Crippen LogP contribution in [0.1, 0.15) is 98.1 Å². The van der Waals surface area contributed by atoms with Gasteiger partial charge in [0.25, 0.3) is 10.0 Å². The van der Waals surface area contributed by atoms with Crippen molar-refractivity contribution in [2.24, 2.45) is 0 Å². The molecule has 3 rings (SSSR count). The lowest BCUT2D eigenvalue weighted by atomic mass is 10.0. The van der Waals surface area contributed by atoms with E-state index >= 15 is 0 Å². The van der Waals surface area contributed by atoms with Crippen LogP contribution >= 0.6 is 23.1 Å². The maximum Gasteiger partial charge on any atom is 0.256 e. The minimum absolute atomic E-state index is 0.0906. The number of sulfonamides is 1. The van der Waals surface area contributed by atoms with E-state index in [4.69, 9.17) is 4.42 Å². The molecule has 9 nitrogen and oxygen atoms in total. The van der Waals surface area contributed by atoms with Gasteiger partial charge in [-0.2, -0.15) is 13.1 Å². The van der Waals surface area contributed by atoms with Crippen LogP contribution in [-0.4, -0.2) is 39.2 Å². The summed E-state index contributed by atoms with van der Waals surface area (Å²) in [5.74, 6) is 1.58. The topological polar surface area (TPSA) is 121 Å². The summed E-state index contributed by atoms with van der Waals surface area (Å²) in [4.78, 5) is 0. The monoisotopic (exact) mass is 587 g/mol. The zero-order valence-electron chi connectivity index (χ0n) is 24.4. The van der Waals surface area contributed by atoms with Crippen LogP contribution in [0, 0.1) is 0 Å². The predicted molar refractivity (Wildman–Crippen MR) is 160 cm³/mol. The zero-order chi connectivity index (χ0) is 29.1. The standard InChI is InChI=1S/C21H31N5O4S3.C3H8.C2H6/c1-7-13(2)14-8-15(30-11-14)9-23-19-16(24-32-25-19)10-22-17-12-31-20(18(17)27)33(28,29)26(6)21(3,4)5;1-3-2;1-2/h8,11-13,22,27H,7,9-10H2,1-6H3,(H,23,25);3H2,1-2H3;1-2H3. The molecule has 0 aliphatic heterocycles. The molecule has 0 aromatic carbocycles. The average Bonchev–Trinajstić information content (AvgIpc) is 3.61. The molecule has 0 radical (unpaired) electrons. The van der Waals surface area contributed by atoms with Crippen LogP contribution in [0.25, 0.3) is 0 Å². The highest BCUT2D eigenvalue weighted by atomic mass is 32.2. The molecule has 0 amide bonds. The Kier molecular flexibility index (Phi) is 13.8. The first-order valence-corrected chi connectivity index (χ1v) is 16.1. The van der Waals surface area contributed by atoms with Crippen molar-refractivity contribution in [3.63, 3.8) is 0 Å². The second-order valence-corrected chi connectivity index (χ2v) is 13.1. The van der Waals surface area contributed by atoms with Gasteiger partial charge < -0.3 is 20.2 Å². The summed E-state index contributed by atoms with van der Waals surface area (Å²) in [6.45, 7) is 18.7. The molecule has 3 aromatic heterocycles. The fourth-order valence-corrected chi connectivity index (χ4v) is 6.39. The molecular weight excluding hydrogens is 543 g/mol. The number of aromatic nitrogens is 2. The third-order valence-corrected chi connectivity index (χ3v) is 9.74. The molecule has 3 N–H and O–H groups in total. The molecule has 1 unspecified atom stereocenters. The maximum absolute atomic E-state index is 12.9. The summed E-state index contributed by atoms with van der Waals surface area (Å²) in [6.07, 6.45) is 4.08. The molecule has 0 bridgehead atoms. The summed E-state index contributed by atoms with van der Waals surface area (Å²) >= 11 is 2.05. The van der Waals surface area contributed by atoms with Gasteiger partial charge in [0.15, 0.2) is 15.8 Å². The van der Waals surface area contributed by atoms with Crippen LogP contribution in [-0.2, 0) is 23.1 Å². The molecular formula is C26H45N5O4S3. The molecule has 216 valence electrons. The largest absolute Gasteiger partial charge is 0.504 e. The highest BCUT2D eigenvalue weighted by molar-refractivity contribution is 7.91. The van der Waals surface area contributed by atoms with Crippen LogP contribution < -0.4 is 10.6 Å². The van der Waals surface area contributed by atoms with E-state index in [0.29, 0.717) is 29.7 Å². The zero-order valence-corrected chi connectivity index (χ0v) is 26.8. The van der Waals surface area contributed by atoms with Gasteiger partial charge in [0.1, 0.15) is 11.5 Å². The van der Waals surface area contributed by atoms with E-state index in [1.807, 2.05) is 19.9 Å². The molecule has 12 heteroatoms. The molecule has 0 spiro atoms. The lowest BCUT2D eigenvalue weighted by Gasteiger charge is -2.30. The van der Waals surface area contributed by atoms with Gasteiger partial charge in [0.2, 0.25) is 0 Å². The van der Waals surface area contributed by atoms with Gasteiger partial charge >= 0.3 is 0 Å². The molecule has 0 aliphatic carbocycles. The first kappa shape index (κ1) is 33.9. The van der Waals surface area contributed by atoms with E-state index in [-0.39, 0.29) is 16.5 Å². The SMILES string of the molecule is CC.CCC.CCC(C)c1coc(CNc2nsnc2CNc2csc(S(=O)(=O)N(C)C(C)(C)C)c2O)c1. The molecule has 3 heterocycles. The van der Waals surface area contributed by atoms with E-state index in [9.17, 15) is 13.5 Å². The van der Waals surface area contributed by atoms with Crippen molar-refractivity contribution in [1.82, 2.24) is 13.1 Å². The first-order valence-electron chi connectivity index (χ1n) is 13.0. The van der Waals surface area contributed by atoms with Crippen molar-refractivity contribution in [3.05, 3.63) is 34.7 Å². The Morgan fingerprint density at radius 1 is 1.13 bits per heavy atom. The molecule has 38 heavy (non-hydrogen) atoms. The number of thiophene rings is 1. The first-order chi connectivity index (χ1) is 17.9. The second kappa shape index (κ2) is 15.4. The minimum Gasteiger partial charge on any atom is -0.504 e. The van der Waals surface area contributed by atoms with Crippen LogP contribution in [0.15, 0.2) is 26.3 Å². The summed E-state index contributed by atoms with van der Waals surface area (Å²) < 4.78 is 41.2. The van der Waals surface area contributed by atoms with Crippen LogP contribution in [0.5, 0.6) is 5.75 Å². The third kappa shape index (κ3) is 8.96. The van der Waals surface area contributed by atoms with Crippen molar-refractivity contribution in [3.8, 4) is 5.75 Å². The number of furan rings is 1. The Balaban J connectivity index is 0.00000135. The van der Waals surface area contributed by atoms with Gasteiger partial charge in [-0.1, -0.05) is 48.0 Å². The van der Waals surface area contributed by atoms with Crippen molar-refractivity contribution in [2.45, 2.75) is 104 Å². The van der Waals surface area contributed by atoms with Crippen molar-refractivity contribution < 1.29 is 17.9 Å². The Morgan fingerprint density at radius 2 is 1.76 bits per heavy atom. The molecule has 0 saturated heterocycles. The van der Waals surface area contributed by atoms with Crippen molar-refractivity contribution >= 4 is 44.6 Å². The van der Waals surface area contributed by atoms with Gasteiger partial charge in [-0.25, -0.2) is 8.42 Å². The van der Waals surface area contributed by atoms with E-state index < -0.39 is 15.6 Å². The highest BCUT2D eigenvalue weighted by Crippen LogP contribution is 2.40. The number of nitrogens with one attached hydrogen (secondary N) is 2.